The molecule has 0 amide bonds. The number of anilines is 1. The summed E-state index contributed by atoms with van der Waals surface area (Å²) in [6.07, 6.45) is 6.77. The Balaban J connectivity index is 1.70. The molecule has 1 aromatic heterocycles. The van der Waals surface area contributed by atoms with Crippen molar-refractivity contribution in [3.63, 3.8) is 0 Å². The molecule has 18 heavy (non-hydrogen) atoms. The minimum absolute atomic E-state index is 0.735. The Morgan fingerprint density at radius 2 is 1.89 bits per heavy atom. The SMILES string of the molecule is Cc1nsc(N2CCCC[C@H](N3CCCC3)C2)n1. The summed E-state index contributed by atoms with van der Waals surface area (Å²) in [5.41, 5.74) is 0. The summed E-state index contributed by atoms with van der Waals surface area (Å²) in [5.74, 6) is 0.914. The van der Waals surface area contributed by atoms with Gasteiger partial charge >= 0.3 is 0 Å². The van der Waals surface area contributed by atoms with Crippen molar-refractivity contribution >= 4 is 16.7 Å². The van der Waals surface area contributed by atoms with Gasteiger partial charge in [-0.25, -0.2) is 4.98 Å². The minimum Gasteiger partial charge on any atom is -0.345 e. The highest BCUT2D eigenvalue weighted by molar-refractivity contribution is 7.09. The Labute approximate surface area is 113 Å². The highest BCUT2D eigenvalue weighted by Crippen LogP contribution is 2.25. The van der Waals surface area contributed by atoms with Crippen molar-refractivity contribution in [3.05, 3.63) is 5.82 Å². The maximum atomic E-state index is 4.55. The molecule has 0 unspecified atom stereocenters. The zero-order valence-electron chi connectivity index (χ0n) is 11.1. The van der Waals surface area contributed by atoms with Crippen LogP contribution in [0.5, 0.6) is 0 Å². The third kappa shape index (κ3) is 2.67. The first-order valence-electron chi connectivity index (χ1n) is 7.12. The number of likely N-dealkylation sites (tertiary alicyclic amines) is 1. The van der Waals surface area contributed by atoms with Crippen molar-refractivity contribution in [1.29, 1.82) is 0 Å². The van der Waals surface area contributed by atoms with Crippen molar-refractivity contribution in [2.24, 2.45) is 0 Å². The Hall–Kier alpha value is -0.680. The monoisotopic (exact) mass is 266 g/mol. The maximum absolute atomic E-state index is 4.55. The number of hydrogen-bond acceptors (Lipinski definition) is 5. The summed E-state index contributed by atoms with van der Waals surface area (Å²) in [6, 6.07) is 0.735. The normalized spacial score (nSPS) is 26.5. The second kappa shape index (κ2) is 5.53. The van der Waals surface area contributed by atoms with E-state index in [4.69, 9.17) is 0 Å². The zero-order chi connectivity index (χ0) is 12.4. The molecule has 2 aliphatic heterocycles. The minimum atomic E-state index is 0.735. The van der Waals surface area contributed by atoms with Crippen LogP contribution in [-0.2, 0) is 0 Å². The van der Waals surface area contributed by atoms with Gasteiger partial charge in [-0.15, -0.1) is 0 Å². The molecule has 3 heterocycles. The van der Waals surface area contributed by atoms with Gasteiger partial charge in [0.25, 0.3) is 0 Å². The van der Waals surface area contributed by atoms with E-state index in [2.05, 4.69) is 19.2 Å². The van der Waals surface area contributed by atoms with Gasteiger partial charge in [0.05, 0.1) is 0 Å². The average molecular weight is 266 g/mol. The van der Waals surface area contributed by atoms with Gasteiger partial charge in [-0.2, -0.15) is 4.37 Å². The van der Waals surface area contributed by atoms with E-state index in [-0.39, 0.29) is 0 Å². The van der Waals surface area contributed by atoms with Gasteiger partial charge in [0.2, 0.25) is 5.13 Å². The van der Waals surface area contributed by atoms with Gasteiger partial charge < -0.3 is 4.90 Å². The number of aromatic nitrogens is 2. The molecule has 1 atom stereocenters. The average Bonchev–Trinajstić information content (AvgIpc) is 2.97. The number of rotatable bonds is 2. The Morgan fingerprint density at radius 3 is 2.61 bits per heavy atom. The molecule has 0 bridgehead atoms. The van der Waals surface area contributed by atoms with Crippen LogP contribution in [0.15, 0.2) is 0 Å². The second-order valence-electron chi connectivity index (χ2n) is 5.46. The van der Waals surface area contributed by atoms with E-state index in [9.17, 15) is 0 Å². The fraction of sp³-hybridized carbons (Fsp3) is 0.846. The fourth-order valence-corrected chi connectivity index (χ4v) is 3.82. The molecule has 3 rings (SSSR count). The third-order valence-corrected chi connectivity index (χ3v) is 4.96. The molecule has 100 valence electrons. The first-order valence-corrected chi connectivity index (χ1v) is 7.89. The number of hydrogen-bond donors (Lipinski definition) is 0. The van der Waals surface area contributed by atoms with Gasteiger partial charge in [0.1, 0.15) is 5.82 Å². The summed E-state index contributed by atoms with van der Waals surface area (Å²) in [6.45, 7) is 6.88. The largest absolute Gasteiger partial charge is 0.345 e. The van der Waals surface area contributed by atoms with Crippen LogP contribution in [-0.4, -0.2) is 46.5 Å². The van der Waals surface area contributed by atoms with E-state index in [1.807, 2.05) is 6.92 Å². The van der Waals surface area contributed by atoms with Crippen LogP contribution in [0.4, 0.5) is 5.13 Å². The molecule has 0 aliphatic carbocycles. The molecule has 4 nitrogen and oxygen atoms in total. The van der Waals surface area contributed by atoms with Crippen molar-refractivity contribution in [2.45, 2.75) is 45.1 Å². The predicted molar refractivity (Wildman–Crippen MR) is 75.3 cm³/mol. The second-order valence-corrected chi connectivity index (χ2v) is 6.19. The summed E-state index contributed by atoms with van der Waals surface area (Å²) in [7, 11) is 0. The van der Waals surface area contributed by atoms with Crippen molar-refractivity contribution in [2.75, 3.05) is 31.1 Å². The standard InChI is InChI=1S/C13H22N4S/c1-11-14-13(18-15-11)17-9-3-2-6-12(10-17)16-7-4-5-8-16/h12H,2-10H2,1H3/t12-/m0/s1. The topological polar surface area (TPSA) is 32.3 Å². The molecular weight excluding hydrogens is 244 g/mol. The van der Waals surface area contributed by atoms with E-state index < -0.39 is 0 Å². The Bertz CT molecular complexity index is 386. The lowest BCUT2D eigenvalue weighted by atomic mass is 10.1. The molecule has 1 aromatic rings. The van der Waals surface area contributed by atoms with Gasteiger partial charge in [-0.3, -0.25) is 4.90 Å². The maximum Gasteiger partial charge on any atom is 0.205 e. The zero-order valence-corrected chi connectivity index (χ0v) is 12.0. The molecule has 2 aliphatic rings. The van der Waals surface area contributed by atoms with E-state index in [1.54, 1.807) is 11.5 Å². The molecule has 2 saturated heterocycles. The van der Waals surface area contributed by atoms with Gasteiger partial charge in [0.15, 0.2) is 0 Å². The molecule has 0 saturated carbocycles. The van der Waals surface area contributed by atoms with Crippen LogP contribution in [0.2, 0.25) is 0 Å². The number of aryl methyl sites for hydroxylation is 1. The summed E-state index contributed by atoms with van der Waals surface area (Å²) >= 11 is 1.56. The van der Waals surface area contributed by atoms with Crippen LogP contribution in [0.3, 0.4) is 0 Å². The quantitative estimate of drug-likeness (QED) is 0.822. The fourth-order valence-electron chi connectivity index (χ4n) is 3.11. The molecule has 0 spiro atoms. The van der Waals surface area contributed by atoms with E-state index >= 15 is 0 Å². The van der Waals surface area contributed by atoms with Crippen LogP contribution >= 0.6 is 11.5 Å². The highest BCUT2D eigenvalue weighted by Gasteiger charge is 2.26. The number of nitrogens with zero attached hydrogens (tertiary/aromatic N) is 4. The molecule has 0 aromatic carbocycles. The summed E-state index contributed by atoms with van der Waals surface area (Å²) in [4.78, 5) is 9.70. The van der Waals surface area contributed by atoms with Crippen LogP contribution in [0.25, 0.3) is 0 Å². The van der Waals surface area contributed by atoms with Crippen LogP contribution in [0, 0.1) is 6.92 Å². The predicted octanol–water partition coefficient (Wildman–Crippen LogP) is 2.30. The third-order valence-electron chi connectivity index (χ3n) is 4.09. The smallest absolute Gasteiger partial charge is 0.205 e. The molecule has 5 heteroatoms. The lowest BCUT2D eigenvalue weighted by Gasteiger charge is -2.30. The van der Waals surface area contributed by atoms with E-state index in [0.29, 0.717) is 0 Å². The van der Waals surface area contributed by atoms with Crippen molar-refractivity contribution < 1.29 is 0 Å². The highest BCUT2D eigenvalue weighted by atomic mass is 32.1. The first kappa shape index (κ1) is 12.4. The first-order chi connectivity index (χ1) is 8.83. The van der Waals surface area contributed by atoms with Gasteiger partial charge in [-0.05, 0) is 45.7 Å². The van der Waals surface area contributed by atoms with Gasteiger partial charge in [-0.1, -0.05) is 6.42 Å². The van der Waals surface area contributed by atoms with Crippen molar-refractivity contribution in [1.82, 2.24) is 14.3 Å². The molecule has 0 N–H and O–H groups in total. The van der Waals surface area contributed by atoms with Crippen LogP contribution < -0.4 is 4.90 Å². The van der Waals surface area contributed by atoms with Crippen LogP contribution in [0.1, 0.15) is 37.9 Å². The Kier molecular flexibility index (Phi) is 3.80. The van der Waals surface area contributed by atoms with E-state index in [0.717, 1.165) is 30.1 Å². The lowest BCUT2D eigenvalue weighted by Crippen LogP contribution is -2.41. The summed E-state index contributed by atoms with van der Waals surface area (Å²) < 4.78 is 4.32. The van der Waals surface area contributed by atoms with E-state index in [1.165, 1.54) is 45.2 Å². The summed E-state index contributed by atoms with van der Waals surface area (Å²) in [5, 5.41) is 1.12. The Morgan fingerprint density at radius 1 is 1.11 bits per heavy atom. The molecule has 2 fully saturated rings. The molecule has 0 radical (unpaired) electrons. The lowest BCUT2D eigenvalue weighted by molar-refractivity contribution is 0.236. The van der Waals surface area contributed by atoms with Crippen molar-refractivity contribution in [3.8, 4) is 0 Å². The molecular formula is C13H22N4S. The van der Waals surface area contributed by atoms with Gasteiger partial charge in [0, 0.05) is 30.7 Å².